The maximum absolute atomic E-state index is 6.30. The number of nitrogens with zero attached hydrogens (tertiary/aromatic N) is 2. The Morgan fingerprint density at radius 2 is 1.67 bits per heavy atom. The van der Waals surface area contributed by atoms with Crippen LogP contribution in [0.3, 0.4) is 0 Å². The Kier molecular flexibility index (Phi) is 4.97. The number of methoxy groups -OCH3 is 1. The first kappa shape index (κ1) is 18.8. The fourth-order valence-electron chi connectivity index (χ4n) is 4.49. The molecular formula is C25H24N2O3. The van der Waals surface area contributed by atoms with Gasteiger partial charge in [-0.2, -0.15) is 0 Å². The lowest BCUT2D eigenvalue weighted by Gasteiger charge is -2.35. The van der Waals surface area contributed by atoms with Crippen molar-refractivity contribution in [1.82, 2.24) is 10.2 Å². The van der Waals surface area contributed by atoms with Gasteiger partial charge in [0.1, 0.15) is 5.75 Å². The Labute approximate surface area is 175 Å². The molecule has 5 heteroatoms. The molecule has 3 aromatic carbocycles. The van der Waals surface area contributed by atoms with E-state index in [1.165, 1.54) is 16.3 Å². The molecule has 30 heavy (non-hydrogen) atoms. The largest absolute Gasteiger partial charge is 0.496 e. The highest BCUT2D eigenvalue weighted by Crippen LogP contribution is 2.44. The molecule has 0 aliphatic carbocycles. The van der Waals surface area contributed by atoms with E-state index >= 15 is 0 Å². The van der Waals surface area contributed by atoms with E-state index in [1.54, 1.807) is 7.11 Å². The van der Waals surface area contributed by atoms with Gasteiger partial charge in [0, 0.05) is 18.8 Å². The molecule has 5 nitrogen and oxygen atoms in total. The van der Waals surface area contributed by atoms with Crippen LogP contribution in [0.5, 0.6) is 5.75 Å². The topological polar surface area (TPSA) is 57.4 Å². The number of hydrogen-bond acceptors (Lipinski definition) is 5. The van der Waals surface area contributed by atoms with Crippen molar-refractivity contribution in [2.45, 2.75) is 24.7 Å². The van der Waals surface area contributed by atoms with Crippen molar-refractivity contribution in [3.05, 3.63) is 89.6 Å². The van der Waals surface area contributed by atoms with Gasteiger partial charge in [0.15, 0.2) is 0 Å². The van der Waals surface area contributed by atoms with Crippen LogP contribution in [0.1, 0.15) is 35.7 Å². The van der Waals surface area contributed by atoms with E-state index in [1.807, 2.05) is 18.2 Å². The fourth-order valence-corrected chi connectivity index (χ4v) is 4.49. The molecule has 0 spiro atoms. The average molecular weight is 400 g/mol. The molecule has 0 N–H and O–H groups in total. The molecule has 1 saturated heterocycles. The Morgan fingerprint density at radius 1 is 0.900 bits per heavy atom. The van der Waals surface area contributed by atoms with Crippen molar-refractivity contribution in [2.24, 2.45) is 0 Å². The van der Waals surface area contributed by atoms with Gasteiger partial charge in [0.2, 0.25) is 11.8 Å². The highest BCUT2D eigenvalue weighted by atomic mass is 16.5. The monoisotopic (exact) mass is 400 g/mol. The molecule has 1 aliphatic heterocycles. The highest BCUT2D eigenvalue weighted by molar-refractivity contribution is 5.85. The number of para-hydroxylation sites is 1. The van der Waals surface area contributed by atoms with E-state index in [-0.39, 0.29) is 0 Å². The molecule has 1 aromatic heterocycles. The maximum Gasteiger partial charge on any atom is 0.227 e. The fraction of sp³-hybridized carbons (Fsp3) is 0.280. The van der Waals surface area contributed by atoms with E-state index in [2.05, 4.69) is 58.7 Å². The Morgan fingerprint density at radius 3 is 2.53 bits per heavy atom. The Bertz CT molecular complexity index is 1160. The van der Waals surface area contributed by atoms with Crippen molar-refractivity contribution in [2.75, 3.05) is 20.3 Å². The summed E-state index contributed by atoms with van der Waals surface area (Å²) in [5, 5.41) is 11.4. The quantitative estimate of drug-likeness (QED) is 0.476. The van der Waals surface area contributed by atoms with Crippen LogP contribution in [0.25, 0.3) is 10.8 Å². The van der Waals surface area contributed by atoms with Gasteiger partial charge in [0.25, 0.3) is 0 Å². The number of benzene rings is 3. The Balaban J connectivity index is 1.53. The summed E-state index contributed by atoms with van der Waals surface area (Å²) in [6, 6.07) is 22.8. The van der Waals surface area contributed by atoms with Gasteiger partial charge in [-0.15, -0.1) is 10.2 Å². The zero-order chi connectivity index (χ0) is 20.4. The molecule has 1 fully saturated rings. The predicted octanol–water partition coefficient (Wildman–Crippen LogP) is 4.92. The molecule has 0 saturated carbocycles. The summed E-state index contributed by atoms with van der Waals surface area (Å²) in [5.74, 6) is 2.11. The molecular weight excluding hydrogens is 376 g/mol. The van der Waals surface area contributed by atoms with Crippen LogP contribution in [-0.4, -0.2) is 30.5 Å². The maximum atomic E-state index is 6.30. The molecule has 5 rings (SSSR count). The number of aromatic nitrogens is 2. The lowest BCUT2D eigenvalue weighted by molar-refractivity contribution is 0.0533. The average Bonchev–Trinajstić information content (AvgIpc) is 3.29. The van der Waals surface area contributed by atoms with Crippen LogP contribution < -0.4 is 4.74 Å². The lowest BCUT2D eigenvalue weighted by atomic mass is 9.73. The van der Waals surface area contributed by atoms with E-state index in [4.69, 9.17) is 13.9 Å². The van der Waals surface area contributed by atoms with Gasteiger partial charge in [-0.05, 0) is 35.2 Å². The van der Waals surface area contributed by atoms with Gasteiger partial charge in [0.05, 0.1) is 18.9 Å². The smallest absolute Gasteiger partial charge is 0.227 e. The third kappa shape index (κ3) is 3.25. The third-order valence-corrected chi connectivity index (χ3v) is 6.07. The minimum Gasteiger partial charge on any atom is -0.496 e. The molecule has 4 aromatic rings. The predicted molar refractivity (Wildman–Crippen MR) is 115 cm³/mol. The van der Waals surface area contributed by atoms with Crippen LogP contribution >= 0.6 is 0 Å². The van der Waals surface area contributed by atoms with Crippen LogP contribution in [-0.2, 0) is 16.6 Å². The van der Waals surface area contributed by atoms with E-state index in [0.717, 1.165) is 24.2 Å². The first-order valence-corrected chi connectivity index (χ1v) is 10.3. The summed E-state index contributed by atoms with van der Waals surface area (Å²) in [7, 11) is 1.70. The first-order chi connectivity index (χ1) is 14.8. The second-order valence-corrected chi connectivity index (χ2v) is 7.71. The number of hydrogen-bond donors (Lipinski definition) is 0. The summed E-state index contributed by atoms with van der Waals surface area (Å²) in [5.41, 5.74) is 1.87. The van der Waals surface area contributed by atoms with Gasteiger partial charge in [-0.25, -0.2) is 0 Å². The SMILES string of the molecule is COc1ccccc1C1(c2nnc(Cc3cccc4ccccc34)o2)CCOCC1. The minimum atomic E-state index is -0.394. The third-order valence-electron chi connectivity index (χ3n) is 6.07. The number of ether oxygens (including phenoxy) is 2. The van der Waals surface area contributed by atoms with Crippen molar-refractivity contribution in [3.63, 3.8) is 0 Å². The van der Waals surface area contributed by atoms with E-state index in [0.29, 0.717) is 31.4 Å². The van der Waals surface area contributed by atoms with Crippen LogP contribution in [0.2, 0.25) is 0 Å². The first-order valence-electron chi connectivity index (χ1n) is 10.3. The molecule has 2 heterocycles. The number of fused-ring (bicyclic) bond motifs is 1. The molecule has 0 amide bonds. The lowest BCUT2D eigenvalue weighted by Crippen LogP contribution is -2.35. The summed E-state index contributed by atoms with van der Waals surface area (Å²) in [6.45, 7) is 1.30. The molecule has 1 aliphatic rings. The number of rotatable bonds is 5. The zero-order valence-corrected chi connectivity index (χ0v) is 17.0. The van der Waals surface area contributed by atoms with Crippen molar-refractivity contribution in [1.29, 1.82) is 0 Å². The van der Waals surface area contributed by atoms with Crippen molar-refractivity contribution < 1.29 is 13.9 Å². The van der Waals surface area contributed by atoms with Gasteiger partial charge >= 0.3 is 0 Å². The summed E-state index contributed by atoms with van der Waals surface area (Å²) in [6.07, 6.45) is 2.17. The van der Waals surface area contributed by atoms with Crippen LogP contribution in [0, 0.1) is 0 Å². The van der Waals surface area contributed by atoms with E-state index < -0.39 is 5.41 Å². The van der Waals surface area contributed by atoms with Crippen molar-refractivity contribution >= 4 is 10.8 Å². The summed E-state index contributed by atoms with van der Waals surface area (Å²) < 4.78 is 17.6. The van der Waals surface area contributed by atoms with Gasteiger partial charge in [-0.3, -0.25) is 0 Å². The van der Waals surface area contributed by atoms with Crippen LogP contribution in [0.15, 0.2) is 71.1 Å². The Hall–Kier alpha value is -3.18. The van der Waals surface area contributed by atoms with Crippen LogP contribution in [0.4, 0.5) is 0 Å². The molecule has 0 bridgehead atoms. The normalized spacial score (nSPS) is 15.9. The molecule has 0 unspecified atom stereocenters. The van der Waals surface area contributed by atoms with Crippen molar-refractivity contribution in [3.8, 4) is 5.75 Å². The second kappa shape index (κ2) is 7.92. The van der Waals surface area contributed by atoms with Gasteiger partial charge < -0.3 is 13.9 Å². The second-order valence-electron chi connectivity index (χ2n) is 7.71. The molecule has 152 valence electrons. The standard InChI is InChI=1S/C25H24N2O3/c1-28-22-12-5-4-11-21(22)25(13-15-29-16-14-25)24-27-26-23(30-24)17-19-9-6-8-18-7-2-3-10-20(18)19/h2-12H,13-17H2,1H3. The summed E-state index contributed by atoms with van der Waals surface area (Å²) in [4.78, 5) is 0. The molecule has 0 radical (unpaired) electrons. The minimum absolute atomic E-state index is 0.394. The summed E-state index contributed by atoms with van der Waals surface area (Å²) >= 11 is 0. The van der Waals surface area contributed by atoms with E-state index in [9.17, 15) is 0 Å². The van der Waals surface area contributed by atoms with Gasteiger partial charge in [-0.1, -0.05) is 60.7 Å². The molecule has 0 atom stereocenters. The zero-order valence-electron chi connectivity index (χ0n) is 17.0. The highest BCUT2D eigenvalue weighted by Gasteiger charge is 2.43.